The topological polar surface area (TPSA) is 53.2 Å². The van der Waals surface area contributed by atoms with Gasteiger partial charge in [-0.3, -0.25) is 10.00 Å². The summed E-state index contributed by atoms with van der Waals surface area (Å²) in [5.41, 5.74) is 1.02. The first-order valence-corrected chi connectivity index (χ1v) is 11.0. The minimum Gasteiger partial charge on any atom is -0.488 e. The van der Waals surface area contributed by atoms with Crippen molar-refractivity contribution in [1.82, 2.24) is 20.4 Å². The lowest BCUT2D eigenvalue weighted by Gasteiger charge is -2.44. The number of ether oxygens (including phenoxy) is 1. The summed E-state index contributed by atoms with van der Waals surface area (Å²) in [6, 6.07) is 5.32. The first-order valence-electron chi connectivity index (χ1n) is 11.0. The minimum absolute atomic E-state index is 0.0482. The second-order valence-electron chi connectivity index (χ2n) is 9.51. The van der Waals surface area contributed by atoms with Gasteiger partial charge in [-0.05, 0) is 44.4 Å². The van der Waals surface area contributed by atoms with E-state index in [0.717, 1.165) is 22.0 Å². The van der Waals surface area contributed by atoms with Crippen molar-refractivity contribution in [2.75, 3.05) is 19.6 Å². The van der Waals surface area contributed by atoms with Crippen LogP contribution in [-0.4, -0.2) is 52.5 Å². The van der Waals surface area contributed by atoms with Crippen molar-refractivity contribution in [2.45, 2.75) is 51.0 Å². The molecule has 1 aromatic heterocycles. The zero-order chi connectivity index (χ0) is 22.6. The number of benzene rings is 2. The molecule has 2 atom stereocenters. The van der Waals surface area contributed by atoms with Crippen LogP contribution in [0.3, 0.4) is 0 Å². The molecule has 2 aromatic carbocycles. The summed E-state index contributed by atoms with van der Waals surface area (Å²) in [5.74, 6) is -1.21. The molecule has 3 aromatic rings. The van der Waals surface area contributed by atoms with Crippen molar-refractivity contribution < 1.29 is 17.9 Å². The predicted molar refractivity (Wildman–Crippen MR) is 117 cm³/mol. The minimum atomic E-state index is -1.53. The maximum absolute atomic E-state index is 15.5. The van der Waals surface area contributed by atoms with Gasteiger partial charge >= 0.3 is 0 Å². The van der Waals surface area contributed by atoms with Gasteiger partial charge < -0.3 is 10.1 Å². The molecule has 0 aliphatic carbocycles. The highest BCUT2D eigenvalue weighted by molar-refractivity contribution is 5.83. The Hall–Kier alpha value is -2.58. The highest BCUT2D eigenvalue weighted by Crippen LogP contribution is 2.43. The Kier molecular flexibility index (Phi) is 5.17. The van der Waals surface area contributed by atoms with E-state index in [0.29, 0.717) is 19.5 Å². The van der Waals surface area contributed by atoms with Crippen LogP contribution >= 0.6 is 0 Å². The smallest absolute Gasteiger partial charge is 0.134 e. The Bertz CT molecular complexity index is 1130. The molecule has 1 saturated heterocycles. The Balaban J connectivity index is 1.64. The highest BCUT2D eigenvalue weighted by atomic mass is 19.1. The second-order valence-corrected chi connectivity index (χ2v) is 9.51. The molecule has 32 heavy (non-hydrogen) atoms. The SMILES string of the molecule is C[C@@H]1Cc2c(ccc3[nH]ncc23)[C@@H](c2c(F)cc(OC3CNC3)cc2F)N1CC(C)(C)F. The molecule has 0 spiro atoms. The molecule has 0 radical (unpaired) electrons. The third kappa shape index (κ3) is 3.75. The van der Waals surface area contributed by atoms with E-state index < -0.39 is 23.3 Å². The maximum Gasteiger partial charge on any atom is 0.134 e. The Morgan fingerprint density at radius 3 is 2.53 bits per heavy atom. The van der Waals surface area contributed by atoms with Gasteiger partial charge in [0.25, 0.3) is 0 Å². The number of alkyl halides is 1. The lowest BCUT2D eigenvalue weighted by Crippen LogP contribution is -2.50. The largest absolute Gasteiger partial charge is 0.488 e. The van der Waals surface area contributed by atoms with Gasteiger partial charge in [-0.15, -0.1) is 0 Å². The molecule has 0 saturated carbocycles. The van der Waals surface area contributed by atoms with Crippen molar-refractivity contribution in [3.63, 3.8) is 0 Å². The van der Waals surface area contributed by atoms with Crippen LogP contribution in [-0.2, 0) is 6.42 Å². The fourth-order valence-electron chi connectivity index (χ4n) is 4.85. The van der Waals surface area contributed by atoms with Gasteiger partial charge in [0.1, 0.15) is 29.2 Å². The monoisotopic (exact) mass is 444 g/mol. The summed E-state index contributed by atoms with van der Waals surface area (Å²) in [7, 11) is 0. The Morgan fingerprint density at radius 2 is 1.91 bits per heavy atom. The van der Waals surface area contributed by atoms with Gasteiger partial charge in [0.15, 0.2) is 0 Å². The summed E-state index contributed by atoms with van der Waals surface area (Å²) in [6.45, 7) is 6.30. The van der Waals surface area contributed by atoms with E-state index in [1.807, 2.05) is 24.0 Å². The number of halogens is 3. The number of nitrogens with one attached hydrogen (secondary N) is 2. The van der Waals surface area contributed by atoms with Crippen LogP contribution in [0.25, 0.3) is 10.9 Å². The van der Waals surface area contributed by atoms with Crippen LogP contribution in [0, 0.1) is 11.6 Å². The summed E-state index contributed by atoms with van der Waals surface area (Å²) >= 11 is 0. The lowest BCUT2D eigenvalue weighted by atomic mass is 9.82. The summed E-state index contributed by atoms with van der Waals surface area (Å²) < 4.78 is 51.4. The average molecular weight is 445 g/mol. The van der Waals surface area contributed by atoms with E-state index in [-0.39, 0.29) is 30.0 Å². The van der Waals surface area contributed by atoms with Crippen molar-refractivity contribution in [2.24, 2.45) is 0 Å². The molecule has 8 heteroatoms. The number of H-pyrrole nitrogens is 1. The first kappa shape index (κ1) is 21.3. The standard InChI is InChI=1S/C24H27F3N4O/c1-13-6-17-16(4-5-21-18(17)11-29-30-21)23(31(13)12-24(2,3)27)22-19(25)7-14(8-20(22)26)32-15-9-28-10-15/h4-5,7-8,11,13,15,23,28H,6,9-10,12H2,1-3H3,(H,29,30)/t13-,23+/m1/s1. The van der Waals surface area contributed by atoms with Crippen LogP contribution in [0.15, 0.2) is 30.5 Å². The van der Waals surface area contributed by atoms with E-state index in [4.69, 9.17) is 4.74 Å². The highest BCUT2D eigenvalue weighted by Gasteiger charge is 2.40. The first-order chi connectivity index (χ1) is 15.2. The molecule has 5 nitrogen and oxygen atoms in total. The molecule has 0 bridgehead atoms. The van der Waals surface area contributed by atoms with Gasteiger partial charge in [0.2, 0.25) is 0 Å². The lowest BCUT2D eigenvalue weighted by molar-refractivity contribution is 0.0654. The van der Waals surface area contributed by atoms with Gasteiger partial charge in [-0.1, -0.05) is 6.07 Å². The predicted octanol–water partition coefficient (Wildman–Crippen LogP) is 4.28. The number of nitrogens with zero attached hydrogens (tertiary/aromatic N) is 2. The zero-order valence-electron chi connectivity index (χ0n) is 18.4. The number of rotatable bonds is 5. The molecule has 2 aliphatic heterocycles. The summed E-state index contributed by atoms with van der Waals surface area (Å²) in [6.07, 6.45) is 2.29. The van der Waals surface area contributed by atoms with Crippen LogP contribution in [0.1, 0.15) is 43.5 Å². The zero-order valence-corrected chi connectivity index (χ0v) is 18.4. The van der Waals surface area contributed by atoms with Crippen LogP contribution < -0.4 is 10.1 Å². The van der Waals surface area contributed by atoms with Crippen molar-refractivity contribution >= 4 is 10.9 Å². The Labute approximate surface area is 184 Å². The Morgan fingerprint density at radius 1 is 1.19 bits per heavy atom. The molecule has 3 heterocycles. The van der Waals surface area contributed by atoms with E-state index in [9.17, 15) is 4.39 Å². The maximum atomic E-state index is 15.5. The van der Waals surface area contributed by atoms with Gasteiger partial charge in [-0.25, -0.2) is 13.2 Å². The molecule has 170 valence electrons. The average Bonchev–Trinajstić information content (AvgIpc) is 3.15. The molecule has 1 fully saturated rings. The van der Waals surface area contributed by atoms with Crippen molar-refractivity contribution in [1.29, 1.82) is 0 Å². The number of aromatic nitrogens is 2. The molecule has 5 rings (SSSR count). The van der Waals surface area contributed by atoms with Crippen LogP contribution in [0.5, 0.6) is 5.75 Å². The van der Waals surface area contributed by atoms with E-state index in [2.05, 4.69) is 15.5 Å². The third-order valence-electron chi connectivity index (χ3n) is 6.40. The number of fused-ring (bicyclic) bond motifs is 3. The number of aromatic amines is 1. The van der Waals surface area contributed by atoms with Crippen LogP contribution in [0.2, 0.25) is 0 Å². The third-order valence-corrected chi connectivity index (χ3v) is 6.40. The van der Waals surface area contributed by atoms with Crippen molar-refractivity contribution in [3.8, 4) is 5.75 Å². The van der Waals surface area contributed by atoms with Gasteiger partial charge in [-0.2, -0.15) is 5.10 Å². The molecule has 2 N–H and O–H groups in total. The van der Waals surface area contributed by atoms with Crippen LogP contribution in [0.4, 0.5) is 13.2 Å². The summed E-state index contributed by atoms with van der Waals surface area (Å²) in [5, 5.41) is 11.1. The van der Waals surface area contributed by atoms with E-state index in [1.165, 1.54) is 26.0 Å². The summed E-state index contributed by atoms with van der Waals surface area (Å²) in [4.78, 5) is 1.87. The van der Waals surface area contributed by atoms with Gasteiger partial charge in [0.05, 0.1) is 17.8 Å². The van der Waals surface area contributed by atoms with E-state index in [1.54, 1.807) is 6.20 Å². The molecule has 0 amide bonds. The number of hydrogen-bond donors (Lipinski definition) is 2. The molecule has 2 aliphatic rings. The fraction of sp³-hybridized carbons (Fsp3) is 0.458. The van der Waals surface area contributed by atoms with E-state index >= 15 is 8.78 Å². The molecule has 0 unspecified atom stereocenters. The fourth-order valence-corrected chi connectivity index (χ4v) is 4.85. The molecular weight excluding hydrogens is 417 g/mol. The number of hydrogen-bond acceptors (Lipinski definition) is 4. The van der Waals surface area contributed by atoms with Gasteiger partial charge in [0, 0.05) is 48.8 Å². The second kappa shape index (κ2) is 7.78. The molecular formula is C24H27F3N4O. The van der Waals surface area contributed by atoms with Crippen molar-refractivity contribution in [3.05, 3.63) is 58.8 Å². The quantitative estimate of drug-likeness (QED) is 0.617. The normalized spacial score (nSPS) is 22.1.